The number of pyridine rings is 1. The summed E-state index contributed by atoms with van der Waals surface area (Å²) in [7, 11) is 0. The van der Waals surface area contributed by atoms with Crippen molar-refractivity contribution in [1.82, 2.24) is 4.98 Å². The maximum atomic E-state index is 12.6. The molecule has 0 aliphatic heterocycles. The average Bonchev–Trinajstić information content (AvgIpc) is 2.56. The van der Waals surface area contributed by atoms with Crippen molar-refractivity contribution in [3.8, 4) is 11.3 Å². The summed E-state index contributed by atoms with van der Waals surface area (Å²) in [5.74, 6) is 0.113. The number of nitrogens with zero attached hydrogens (tertiary/aromatic N) is 1. The second kappa shape index (κ2) is 6.14. The van der Waals surface area contributed by atoms with E-state index in [4.69, 9.17) is 0 Å². The van der Waals surface area contributed by atoms with Crippen molar-refractivity contribution in [2.75, 3.05) is 0 Å². The first-order valence-corrected chi connectivity index (χ1v) is 6.92. The van der Waals surface area contributed by atoms with Crippen molar-refractivity contribution in [2.24, 2.45) is 0 Å². The fraction of sp³-hybridized carbons (Fsp3) is 0.0526. The first-order valence-electron chi connectivity index (χ1n) is 6.92. The van der Waals surface area contributed by atoms with Crippen LogP contribution in [0.4, 0.5) is 0 Å². The van der Waals surface area contributed by atoms with Crippen molar-refractivity contribution >= 4 is 5.78 Å². The van der Waals surface area contributed by atoms with Gasteiger partial charge in [0.15, 0.2) is 5.78 Å². The van der Waals surface area contributed by atoms with Crippen molar-refractivity contribution in [1.29, 1.82) is 0 Å². The Morgan fingerprint density at radius 3 is 2.29 bits per heavy atom. The smallest absolute Gasteiger partial charge is 0.167 e. The summed E-state index contributed by atoms with van der Waals surface area (Å²) in [6.45, 7) is 0. The molecule has 2 heteroatoms. The van der Waals surface area contributed by atoms with Crippen LogP contribution in [0, 0.1) is 0 Å². The third-order valence-electron chi connectivity index (χ3n) is 3.38. The molecule has 2 aromatic carbocycles. The van der Waals surface area contributed by atoms with E-state index in [1.54, 1.807) is 6.20 Å². The van der Waals surface area contributed by atoms with Gasteiger partial charge < -0.3 is 0 Å². The molecule has 0 atom stereocenters. The SMILES string of the molecule is O=C(Cc1ccccc1)c1ccccc1-c1ccccn1. The van der Waals surface area contributed by atoms with Gasteiger partial charge >= 0.3 is 0 Å². The normalized spacial score (nSPS) is 10.3. The van der Waals surface area contributed by atoms with Crippen molar-refractivity contribution in [2.45, 2.75) is 6.42 Å². The van der Waals surface area contributed by atoms with Gasteiger partial charge in [-0.15, -0.1) is 0 Å². The minimum atomic E-state index is 0.113. The summed E-state index contributed by atoms with van der Waals surface area (Å²) in [6, 6.07) is 23.2. The predicted molar refractivity (Wildman–Crippen MR) is 84.1 cm³/mol. The van der Waals surface area contributed by atoms with Crippen LogP contribution in [0.2, 0.25) is 0 Å². The summed E-state index contributed by atoms with van der Waals surface area (Å²) < 4.78 is 0. The highest BCUT2D eigenvalue weighted by molar-refractivity contribution is 6.03. The number of rotatable bonds is 4. The van der Waals surface area contributed by atoms with E-state index in [0.29, 0.717) is 6.42 Å². The van der Waals surface area contributed by atoms with Gasteiger partial charge in [-0.05, 0) is 17.7 Å². The molecular formula is C19H15NO. The number of carbonyl (C=O) groups excluding carboxylic acids is 1. The fourth-order valence-electron chi connectivity index (χ4n) is 2.35. The van der Waals surface area contributed by atoms with Gasteiger partial charge in [-0.25, -0.2) is 0 Å². The van der Waals surface area contributed by atoms with Crippen LogP contribution in [0.25, 0.3) is 11.3 Å². The summed E-state index contributed by atoms with van der Waals surface area (Å²) in [6.07, 6.45) is 2.15. The molecule has 0 saturated carbocycles. The molecular weight excluding hydrogens is 258 g/mol. The molecule has 0 unspecified atom stereocenters. The third kappa shape index (κ3) is 3.06. The van der Waals surface area contributed by atoms with Gasteiger partial charge in [0, 0.05) is 23.7 Å². The highest BCUT2D eigenvalue weighted by Crippen LogP contribution is 2.22. The lowest BCUT2D eigenvalue weighted by molar-refractivity contribution is 0.0993. The molecule has 0 bridgehead atoms. The number of hydrogen-bond donors (Lipinski definition) is 0. The van der Waals surface area contributed by atoms with Crippen LogP contribution >= 0.6 is 0 Å². The van der Waals surface area contributed by atoms with E-state index in [2.05, 4.69) is 4.98 Å². The molecule has 0 saturated heterocycles. The quantitative estimate of drug-likeness (QED) is 0.668. The molecule has 0 fully saturated rings. The summed E-state index contributed by atoms with van der Waals surface area (Å²) >= 11 is 0. The molecule has 1 aromatic heterocycles. The van der Waals surface area contributed by atoms with Crippen LogP contribution in [0.3, 0.4) is 0 Å². The highest BCUT2D eigenvalue weighted by atomic mass is 16.1. The maximum absolute atomic E-state index is 12.6. The Balaban J connectivity index is 1.94. The molecule has 1 heterocycles. The van der Waals surface area contributed by atoms with E-state index in [-0.39, 0.29) is 5.78 Å². The average molecular weight is 273 g/mol. The van der Waals surface area contributed by atoms with Gasteiger partial charge in [-0.1, -0.05) is 60.7 Å². The van der Waals surface area contributed by atoms with E-state index < -0.39 is 0 Å². The zero-order valence-corrected chi connectivity index (χ0v) is 11.6. The molecule has 0 aliphatic rings. The van der Waals surface area contributed by atoms with E-state index in [1.807, 2.05) is 72.8 Å². The second-order valence-electron chi connectivity index (χ2n) is 4.85. The van der Waals surface area contributed by atoms with Crippen molar-refractivity contribution < 1.29 is 4.79 Å². The molecule has 0 N–H and O–H groups in total. The summed E-state index contributed by atoms with van der Waals surface area (Å²) in [4.78, 5) is 16.9. The Morgan fingerprint density at radius 1 is 0.810 bits per heavy atom. The molecule has 2 nitrogen and oxygen atoms in total. The molecule has 3 rings (SSSR count). The number of hydrogen-bond acceptors (Lipinski definition) is 2. The van der Waals surface area contributed by atoms with Crippen LogP contribution < -0.4 is 0 Å². The lowest BCUT2D eigenvalue weighted by Gasteiger charge is -2.08. The molecule has 3 aromatic rings. The summed E-state index contributed by atoms with van der Waals surface area (Å²) in [5, 5.41) is 0. The van der Waals surface area contributed by atoms with E-state index in [1.165, 1.54) is 0 Å². The van der Waals surface area contributed by atoms with E-state index in [9.17, 15) is 4.79 Å². The minimum absolute atomic E-state index is 0.113. The first kappa shape index (κ1) is 13.3. The van der Waals surface area contributed by atoms with Gasteiger partial charge in [0.2, 0.25) is 0 Å². The molecule has 0 spiro atoms. The lowest BCUT2D eigenvalue weighted by atomic mass is 9.96. The highest BCUT2D eigenvalue weighted by Gasteiger charge is 2.13. The van der Waals surface area contributed by atoms with Crippen LogP contribution in [0.1, 0.15) is 15.9 Å². The third-order valence-corrected chi connectivity index (χ3v) is 3.38. The maximum Gasteiger partial charge on any atom is 0.167 e. The Morgan fingerprint density at radius 2 is 1.52 bits per heavy atom. The molecule has 102 valence electrons. The topological polar surface area (TPSA) is 30.0 Å². The monoisotopic (exact) mass is 273 g/mol. The molecule has 0 radical (unpaired) electrons. The van der Waals surface area contributed by atoms with Crippen molar-refractivity contribution in [3.05, 3.63) is 90.1 Å². The Bertz CT molecular complexity index is 736. The van der Waals surface area contributed by atoms with Gasteiger partial charge in [-0.3, -0.25) is 9.78 Å². The molecule has 0 aliphatic carbocycles. The van der Waals surface area contributed by atoms with Gasteiger partial charge in [-0.2, -0.15) is 0 Å². The van der Waals surface area contributed by atoms with E-state index in [0.717, 1.165) is 22.4 Å². The van der Waals surface area contributed by atoms with Crippen LogP contribution in [0.5, 0.6) is 0 Å². The van der Waals surface area contributed by atoms with Crippen LogP contribution in [0.15, 0.2) is 79.0 Å². The zero-order valence-electron chi connectivity index (χ0n) is 11.6. The van der Waals surface area contributed by atoms with Crippen molar-refractivity contribution in [3.63, 3.8) is 0 Å². The van der Waals surface area contributed by atoms with E-state index >= 15 is 0 Å². The Labute approximate surface area is 124 Å². The minimum Gasteiger partial charge on any atom is -0.294 e. The van der Waals surface area contributed by atoms with Crippen LogP contribution in [-0.2, 0) is 6.42 Å². The van der Waals surface area contributed by atoms with Crippen LogP contribution in [-0.4, -0.2) is 10.8 Å². The predicted octanol–water partition coefficient (Wildman–Crippen LogP) is 4.17. The Kier molecular flexibility index (Phi) is 3.88. The number of ketones is 1. The lowest BCUT2D eigenvalue weighted by Crippen LogP contribution is -2.05. The zero-order chi connectivity index (χ0) is 14.5. The number of benzene rings is 2. The number of aromatic nitrogens is 1. The Hall–Kier alpha value is -2.74. The fourth-order valence-corrected chi connectivity index (χ4v) is 2.35. The summed E-state index contributed by atoms with van der Waals surface area (Å²) in [5.41, 5.74) is 3.46. The van der Waals surface area contributed by atoms with Gasteiger partial charge in [0.25, 0.3) is 0 Å². The largest absolute Gasteiger partial charge is 0.294 e. The van der Waals surface area contributed by atoms with Gasteiger partial charge in [0.1, 0.15) is 0 Å². The first-order chi connectivity index (χ1) is 10.3. The molecule has 0 amide bonds. The standard InChI is InChI=1S/C19H15NO/c21-19(14-15-8-2-1-3-9-15)17-11-5-4-10-16(17)18-12-6-7-13-20-18/h1-13H,14H2. The van der Waals surface area contributed by atoms with Gasteiger partial charge in [0.05, 0.1) is 5.69 Å². The second-order valence-corrected chi connectivity index (χ2v) is 4.85. The number of carbonyl (C=O) groups is 1. The molecule has 21 heavy (non-hydrogen) atoms. The number of Topliss-reactive ketones (excluding diaryl/α,β-unsaturated/α-hetero) is 1.